The molecule has 0 spiro atoms. The topological polar surface area (TPSA) is 38.3 Å². The van der Waals surface area contributed by atoms with Gasteiger partial charge < -0.3 is 10.1 Å². The van der Waals surface area contributed by atoms with Gasteiger partial charge in [0.15, 0.2) is 0 Å². The van der Waals surface area contributed by atoms with Crippen LogP contribution in [0, 0.1) is 11.7 Å². The van der Waals surface area contributed by atoms with Crippen molar-refractivity contribution in [3.05, 3.63) is 35.6 Å². The van der Waals surface area contributed by atoms with Crippen molar-refractivity contribution in [3.63, 3.8) is 0 Å². The first-order chi connectivity index (χ1) is 8.15. The number of rotatable bonds is 6. The minimum Gasteiger partial charge on any atom is -0.469 e. The van der Waals surface area contributed by atoms with Crippen LogP contribution in [0.1, 0.15) is 12.5 Å². The molecule has 1 aromatic rings. The van der Waals surface area contributed by atoms with E-state index >= 15 is 0 Å². The van der Waals surface area contributed by atoms with Gasteiger partial charge in [-0.1, -0.05) is 25.1 Å². The molecule has 17 heavy (non-hydrogen) atoms. The van der Waals surface area contributed by atoms with Crippen molar-refractivity contribution in [2.75, 3.05) is 20.2 Å². The molecular weight excluding hydrogens is 221 g/mol. The van der Waals surface area contributed by atoms with Crippen LogP contribution in [0.15, 0.2) is 24.3 Å². The molecule has 0 heterocycles. The predicted octanol–water partition coefficient (Wildman–Crippen LogP) is 1.77. The summed E-state index contributed by atoms with van der Waals surface area (Å²) in [6.45, 7) is 2.98. The third kappa shape index (κ3) is 4.53. The lowest BCUT2D eigenvalue weighted by molar-refractivity contribution is -0.144. The second-order valence-electron chi connectivity index (χ2n) is 3.97. The van der Waals surface area contributed by atoms with Crippen LogP contribution in [0.4, 0.5) is 4.39 Å². The van der Waals surface area contributed by atoms with E-state index in [1.807, 2.05) is 6.07 Å². The molecule has 1 unspecified atom stereocenters. The van der Waals surface area contributed by atoms with Gasteiger partial charge in [0.1, 0.15) is 5.82 Å². The molecule has 1 rings (SSSR count). The van der Waals surface area contributed by atoms with Crippen LogP contribution in [0.25, 0.3) is 0 Å². The number of hydrogen-bond acceptors (Lipinski definition) is 3. The van der Waals surface area contributed by atoms with Crippen molar-refractivity contribution >= 4 is 5.97 Å². The molecule has 1 aromatic carbocycles. The zero-order valence-corrected chi connectivity index (χ0v) is 10.2. The predicted molar refractivity (Wildman–Crippen MR) is 64.2 cm³/mol. The maximum absolute atomic E-state index is 13.3. The summed E-state index contributed by atoms with van der Waals surface area (Å²) in [5, 5.41) is 3.11. The fourth-order valence-corrected chi connectivity index (χ4v) is 1.53. The summed E-state index contributed by atoms with van der Waals surface area (Å²) in [5.74, 6) is -0.598. The van der Waals surface area contributed by atoms with E-state index in [2.05, 4.69) is 10.1 Å². The molecule has 94 valence electrons. The summed E-state index contributed by atoms with van der Waals surface area (Å²) in [6, 6.07) is 6.70. The quantitative estimate of drug-likeness (QED) is 0.607. The maximum Gasteiger partial charge on any atom is 0.309 e. The molecule has 0 fully saturated rings. The Morgan fingerprint density at radius 3 is 2.82 bits per heavy atom. The van der Waals surface area contributed by atoms with Crippen LogP contribution < -0.4 is 5.32 Å². The zero-order chi connectivity index (χ0) is 12.7. The monoisotopic (exact) mass is 239 g/mol. The minimum atomic E-state index is -0.233. The molecule has 0 aliphatic rings. The van der Waals surface area contributed by atoms with Gasteiger partial charge in [0.25, 0.3) is 0 Å². The van der Waals surface area contributed by atoms with Crippen molar-refractivity contribution in [3.8, 4) is 0 Å². The standard InChI is InChI=1S/C13H18FNO2/c1-10(13(16)17-2)9-15-8-7-11-5-3-4-6-12(11)14/h3-6,10,15H,7-9H2,1-2H3. The highest BCUT2D eigenvalue weighted by molar-refractivity contribution is 5.71. The van der Waals surface area contributed by atoms with E-state index in [4.69, 9.17) is 0 Å². The van der Waals surface area contributed by atoms with Gasteiger partial charge in [-0.15, -0.1) is 0 Å². The third-order valence-corrected chi connectivity index (χ3v) is 2.58. The van der Waals surface area contributed by atoms with Crippen molar-refractivity contribution in [1.82, 2.24) is 5.32 Å². The van der Waals surface area contributed by atoms with E-state index in [0.717, 1.165) is 0 Å². The van der Waals surface area contributed by atoms with Crippen molar-refractivity contribution in [1.29, 1.82) is 0 Å². The first-order valence-electron chi connectivity index (χ1n) is 5.67. The second kappa shape index (κ2) is 7.01. The summed E-state index contributed by atoms with van der Waals surface area (Å²) < 4.78 is 17.9. The van der Waals surface area contributed by atoms with Gasteiger partial charge in [0.2, 0.25) is 0 Å². The number of esters is 1. The molecule has 0 radical (unpaired) electrons. The van der Waals surface area contributed by atoms with E-state index in [0.29, 0.717) is 25.1 Å². The van der Waals surface area contributed by atoms with Gasteiger partial charge in [-0.05, 0) is 24.6 Å². The largest absolute Gasteiger partial charge is 0.469 e. The van der Waals surface area contributed by atoms with Crippen LogP contribution in [-0.4, -0.2) is 26.2 Å². The highest BCUT2D eigenvalue weighted by atomic mass is 19.1. The number of ether oxygens (including phenoxy) is 1. The number of nitrogens with one attached hydrogen (secondary N) is 1. The van der Waals surface area contributed by atoms with Gasteiger partial charge in [-0.2, -0.15) is 0 Å². The SMILES string of the molecule is COC(=O)C(C)CNCCc1ccccc1F. The Morgan fingerprint density at radius 1 is 1.47 bits per heavy atom. The number of carbonyl (C=O) groups excluding carboxylic acids is 1. The summed E-state index contributed by atoms with van der Waals surface area (Å²) in [5.41, 5.74) is 0.686. The smallest absolute Gasteiger partial charge is 0.309 e. The number of halogens is 1. The summed E-state index contributed by atoms with van der Waals surface area (Å²) >= 11 is 0. The van der Waals surface area contributed by atoms with Crippen LogP contribution in [0.5, 0.6) is 0 Å². The van der Waals surface area contributed by atoms with Crippen molar-refractivity contribution in [2.45, 2.75) is 13.3 Å². The Bertz CT molecular complexity index is 368. The Hall–Kier alpha value is -1.42. The summed E-state index contributed by atoms with van der Waals surface area (Å²) in [6.07, 6.45) is 0.612. The Morgan fingerprint density at radius 2 is 2.18 bits per heavy atom. The van der Waals surface area contributed by atoms with Crippen LogP contribution in [0.2, 0.25) is 0 Å². The maximum atomic E-state index is 13.3. The van der Waals surface area contributed by atoms with Crippen molar-refractivity contribution < 1.29 is 13.9 Å². The van der Waals surface area contributed by atoms with Gasteiger partial charge in [-0.25, -0.2) is 4.39 Å². The molecular formula is C13H18FNO2. The molecule has 0 aromatic heterocycles. The molecule has 1 atom stereocenters. The third-order valence-electron chi connectivity index (χ3n) is 2.58. The van der Waals surface area contributed by atoms with Gasteiger partial charge in [-0.3, -0.25) is 4.79 Å². The minimum absolute atomic E-state index is 0.180. The fraction of sp³-hybridized carbons (Fsp3) is 0.462. The van der Waals surface area contributed by atoms with E-state index < -0.39 is 0 Å². The number of carbonyl (C=O) groups is 1. The normalized spacial score (nSPS) is 12.2. The van der Waals surface area contributed by atoms with Crippen LogP contribution >= 0.6 is 0 Å². The zero-order valence-electron chi connectivity index (χ0n) is 10.2. The lowest BCUT2D eigenvalue weighted by Crippen LogP contribution is -2.28. The molecule has 4 heteroatoms. The summed E-state index contributed by atoms with van der Waals surface area (Å²) in [4.78, 5) is 11.1. The number of benzene rings is 1. The van der Waals surface area contributed by atoms with E-state index in [1.165, 1.54) is 13.2 Å². The molecule has 0 aliphatic heterocycles. The van der Waals surface area contributed by atoms with Gasteiger partial charge in [0, 0.05) is 6.54 Å². The van der Waals surface area contributed by atoms with Gasteiger partial charge >= 0.3 is 5.97 Å². The fourth-order valence-electron chi connectivity index (χ4n) is 1.53. The lowest BCUT2D eigenvalue weighted by Gasteiger charge is -2.10. The van der Waals surface area contributed by atoms with E-state index in [1.54, 1.807) is 19.1 Å². The van der Waals surface area contributed by atoms with Crippen molar-refractivity contribution in [2.24, 2.45) is 5.92 Å². The van der Waals surface area contributed by atoms with Crippen LogP contribution in [-0.2, 0) is 16.0 Å². The Balaban J connectivity index is 2.25. The van der Waals surface area contributed by atoms with Crippen LogP contribution in [0.3, 0.4) is 0 Å². The molecule has 0 bridgehead atoms. The summed E-state index contributed by atoms with van der Waals surface area (Å²) in [7, 11) is 1.37. The Kier molecular flexibility index (Phi) is 5.63. The first-order valence-corrected chi connectivity index (χ1v) is 5.67. The molecule has 1 N–H and O–H groups in total. The highest BCUT2D eigenvalue weighted by Gasteiger charge is 2.11. The lowest BCUT2D eigenvalue weighted by atomic mass is 10.1. The molecule has 0 saturated carbocycles. The molecule has 0 saturated heterocycles. The second-order valence-corrected chi connectivity index (χ2v) is 3.97. The van der Waals surface area contributed by atoms with E-state index in [-0.39, 0.29) is 17.7 Å². The Labute approximate surface area is 101 Å². The first kappa shape index (κ1) is 13.6. The molecule has 0 amide bonds. The average molecular weight is 239 g/mol. The van der Waals surface area contributed by atoms with E-state index in [9.17, 15) is 9.18 Å². The average Bonchev–Trinajstić information content (AvgIpc) is 2.35. The number of methoxy groups -OCH3 is 1. The number of hydrogen-bond donors (Lipinski definition) is 1. The molecule has 3 nitrogen and oxygen atoms in total. The highest BCUT2D eigenvalue weighted by Crippen LogP contribution is 2.06. The van der Waals surface area contributed by atoms with Gasteiger partial charge in [0.05, 0.1) is 13.0 Å². The molecule has 0 aliphatic carbocycles.